The summed E-state index contributed by atoms with van der Waals surface area (Å²) in [6, 6.07) is 0. The van der Waals surface area contributed by atoms with Gasteiger partial charge in [0.1, 0.15) is 6.54 Å². The zero-order valence-corrected chi connectivity index (χ0v) is 12.4. The molecule has 0 saturated heterocycles. The molecule has 7 heteroatoms. The van der Waals surface area contributed by atoms with Crippen molar-refractivity contribution < 1.29 is 14.3 Å². The number of hydrogen-bond donors (Lipinski definition) is 2. The van der Waals surface area contributed by atoms with Gasteiger partial charge in [0.15, 0.2) is 0 Å². The first-order valence-electron chi connectivity index (χ1n) is 6.69. The molecule has 0 spiro atoms. The van der Waals surface area contributed by atoms with Crippen LogP contribution in [0.2, 0.25) is 0 Å². The van der Waals surface area contributed by atoms with E-state index in [2.05, 4.69) is 10.4 Å². The Morgan fingerprint density at radius 2 is 2.10 bits per heavy atom. The molecule has 0 radical (unpaired) electrons. The van der Waals surface area contributed by atoms with Crippen LogP contribution in [0.1, 0.15) is 17.8 Å². The third-order valence-electron chi connectivity index (χ3n) is 2.95. The molecule has 1 amide bonds. The molecule has 0 aliphatic rings. The fourth-order valence-electron chi connectivity index (χ4n) is 1.70. The van der Waals surface area contributed by atoms with Crippen molar-refractivity contribution in [2.75, 3.05) is 39.2 Å². The summed E-state index contributed by atoms with van der Waals surface area (Å²) >= 11 is 0. The molecule has 114 valence electrons. The summed E-state index contributed by atoms with van der Waals surface area (Å²) in [5, 5.41) is 7.05. The van der Waals surface area contributed by atoms with Gasteiger partial charge in [-0.05, 0) is 20.3 Å². The van der Waals surface area contributed by atoms with Crippen molar-refractivity contribution in [2.45, 2.75) is 26.8 Å². The predicted octanol–water partition coefficient (Wildman–Crippen LogP) is 0.251. The second-order valence-electron chi connectivity index (χ2n) is 4.55. The van der Waals surface area contributed by atoms with Crippen LogP contribution < -0.4 is 11.1 Å². The Morgan fingerprint density at radius 3 is 2.70 bits per heavy atom. The standard InChI is InChI=1S/C13H24N4O3/c1-10-13(14)11(2)17(16-10)9-12(18)15-5-4-6-20-8-7-19-3/h4-9,14H2,1-3H3,(H,15,18). The first kappa shape index (κ1) is 16.5. The van der Waals surface area contributed by atoms with Crippen LogP contribution in [0.4, 0.5) is 5.69 Å². The van der Waals surface area contributed by atoms with Crippen LogP contribution in [0.15, 0.2) is 0 Å². The maximum atomic E-state index is 11.7. The molecule has 0 fully saturated rings. The maximum absolute atomic E-state index is 11.7. The SMILES string of the molecule is COCCOCCCNC(=O)Cn1nc(C)c(N)c1C. The van der Waals surface area contributed by atoms with Crippen LogP contribution in [0.3, 0.4) is 0 Å². The quantitative estimate of drug-likeness (QED) is 0.634. The van der Waals surface area contributed by atoms with Gasteiger partial charge in [0.25, 0.3) is 0 Å². The van der Waals surface area contributed by atoms with E-state index in [1.165, 1.54) is 0 Å². The van der Waals surface area contributed by atoms with Gasteiger partial charge in [-0.3, -0.25) is 9.48 Å². The van der Waals surface area contributed by atoms with E-state index in [1.807, 2.05) is 13.8 Å². The number of nitrogens with two attached hydrogens (primary N) is 1. The van der Waals surface area contributed by atoms with Crippen molar-refractivity contribution in [3.05, 3.63) is 11.4 Å². The minimum absolute atomic E-state index is 0.0764. The molecular formula is C13H24N4O3. The van der Waals surface area contributed by atoms with Crippen LogP contribution in [0.5, 0.6) is 0 Å². The molecule has 20 heavy (non-hydrogen) atoms. The number of amides is 1. The lowest BCUT2D eigenvalue weighted by Gasteiger charge is -2.07. The highest BCUT2D eigenvalue weighted by Crippen LogP contribution is 2.14. The topological polar surface area (TPSA) is 91.4 Å². The molecule has 7 nitrogen and oxygen atoms in total. The van der Waals surface area contributed by atoms with Crippen molar-refractivity contribution >= 4 is 11.6 Å². The molecule has 1 aromatic heterocycles. The van der Waals surface area contributed by atoms with Gasteiger partial charge in [0, 0.05) is 20.3 Å². The first-order valence-corrected chi connectivity index (χ1v) is 6.69. The highest BCUT2D eigenvalue weighted by atomic mass is 16.5. The van der Waals surface area contributed by atoms with Gasteiger partial charge in [-0.2, -0.15) is 5.10 Å². The number of methoxy groups -OCH3 is 1. The number of nitrogens with one attached hydrogen (secondary N) is 1. The lowest BCUT2D eigenvalue weighted by molar-refractivity contribution is -0.121. The fourth-order valence-corrected chi connectivity index (χ4v) is 1.70. The average molecular weight is 284 g/mol. The zero-order chi connectivity index (χ0) is 15.0. The van der Waals surface area contributed by atoms with E-state index in [4.69, 9.17) is 15.2 Å². The maximum Gasteiger partial charge on any atom is 0.241 e. The molecule has 0 atom stereocenters. The Bertz CT molecular complexity index is 431. The van der Waals surface area contributed by atoms with Crippen molar-refractivity contribution in [3.63, 3.8) is 0 Å². The zero-order valence-electron chi connectivity index (χ0n) is 12.4. The van der Waals surface area contributed by atoms with Crippen LogP contribution in [-0.2, 0) is 20.8 Å². The summed E-state index contributed by atoms with van der Waals surface area (Å²) < 4.78 is 11.8. The number of carbonyl (C=O) groups excluding carboxylic acids is 1. The van der Waals surface area contributed by atoms with Crippen LogP contribution in [0, 0.1) is 13.8 Å². The number of nitrogen functional groups attached to an aromatic ring is 1. The van der Waals surface area contributed by atoms with E-state index in [9.17, 15) is 4.79 Å². The number of hydrogen-bond acceptors (Lipinski definition) is 5. The average Bonchev–Trinajstić information content (AvgIpc) is 2.65. The van der Waals surface area contributed by atoms with E-state index in [-0.39, 0.29) is 12.5 Å². The van der Waals surface area contributed by atoms with Crippen molar-refractivity contribution in [2.24, 2.45) is 0 Å². The summed E-state index contributed by atoms with van der Waals surface area (Å²) in [5.74, 6) is -0.0764. The molecule has 0 bridgehead atoms. The largest absolute Gasteiger partial charge is 0.396 e. The summed E-state index contributed by atoms with van der Waals surface area (Å²) in [6.07, 6.45) is 0.773. The number of nitrogens with zero attached hydrogens (tertiary/aromatic N) is 2. The monoisotopic (exact) mass is 284 g/mol. The Labute approximate surface area is 119 Å². The molecule has 0 aliphatic carbocycles. The van der Waals surface area contributed by atoms with E-state index >= 15 is 0 Å². The second kappa shape index (κ2) is 8.55. The van der Waals surface area contributed by atoms with Gasteiger partial charge in [0.2, 0.25) is 5.91 Å². The molecule has 0 saturated carbocycles. The lowest BCUT2D eigenvalue weighted by Crippen LogP contribution is -2.29. The van der Waals surface area contributed by atoms with Crippen LogP contribution >= 0.6 is 0 Å². The summed E-state index contributed by atoms with van der Waals surface area (Å²) in [4.78, 5) is 11.7. The van der Waals surface area contributed by atoms with Gasteiger partial charge in [0.05, 0.1) is 30.3 Å². The molecule has 0 unspecified atom stereocenters. The van der Waals surface area contributed by atoms with Crippen molar-refractivity contribution in [1.29, 1.82) is 0 Å². The van der Waals surface area contributed by atoms with Gasteiger partial charge >= 0.3 is 0 Å². The third-order valence-corrected chi connectivity index (χ3v) is 2.95. The van der Waals surface area contributed by atoms with E-state index in [0.29, 0.717) is 32.1 Å². The summed E-state index contributed by atoms with van der Waals surface area (Å²) in [6.45, 7) is 6.23. The third kappa shape index (κ3) is 5.18. The minimum Gasteiger partial charge on any atom is -0.396 e. The molecule has 0 aromatic carbocycles. The van der Waals surface area contributed by atoms with Crippen molar-refractivity contribution in [1.82, 2.24) is 15.1 Å². The Morgan fingerprint density at radius 1 is 1.35 bits per heavy atom. The van der Waals surface area contributed by atoms with E-state index < -0.39 is 0 Å². The second-order valence-corrected chi connectivity index (χ2v) is 4.55. The molecule has 1 rings (SSSR count). The van der Waals surface area contributed by atoms with E-state index in [1.54, 1.807) is 11.8 Å². The summed E-state index contributed by atoms with van der Waals surface area (Å²) in [5.41, 5.74) is 8.03. The number of ether oxygens (including phenoxy) is 2. The smallest absolute Gasteiger partial charge is 0.241 e. The number of rotatable bonds is 9. The molecule has 0 aliphatic heterocycles. The van der Waals surface area contributed by atoms with Gasteiger partial charge in [-0.15, -0.1) is 0 Å². The molecule has 1 heterocycles. The highest BCUT2D eigenvalue weighted by molar-refractivity contribution is 5.75. The number of anilines is 1. The highest BCUT2D eigenvalue weighted by Gasteiger charge is 2.10. The Hall–Kier alpha value is -1.60. The first-order chi connectivity index (χ1) is 9.56. The predicted molar refractivity (Wildman–Crippen MR) is 76.4 cm³/mol. The Balaban J connectivity index is 2.19. The molecule has 1 aromatic rings. The van der Waals surface area contributed by atoms with E-state index in [0.717, 1.165) is 17.8 Å². The Kier molecular flexibility index (Phi) is 7.03. The van der Waals surface area contributed by atoms with Gasteiger partial charge < -0.3 is 20.5 Å². The van der Waals surface area contributed by atoms with Crippen molar-refractivity contribution in [3.8, 4) is 0 Å². The van der Waals surface area contributed by atoms with Gasteiger partial charge in [-0.25, -0.2) is 0 Å². The van der Waals surface area contributed by atoms with Gasteiger partial charge in [-0.1, -0.05) is 0 Å². The summed E-state index contributed by atoms with van der Waals surface area (Å²) in [7, 11) is 1.63. The molecule has 3 N–H and O–H groups in total. The normalized spacial score (nSPS) is 10.8. The number of aryl methyl sites for hydroxylation is 1. The van der Waals surface area contributed by atoms with Crippen LogP contribution in [0.25, 0.3) is 0 Å². The number of carbonyl (C=O) groups is 1. The lowest BCUT2D eigenvalue weighted by atomic mass is 10.3. The molecular weight excluding hydrogens is 260 g/mol. The number of aromatic nitrogens is 2. The van der Waals surface area contributed by atoms with Crippen LogP contribution in [-0.4, -0.2) is 49.2 Å². The minimum atomic E-state index is -0.0764. The fraction of sp³-hybridized carbons (Fsp3) is 0.692.